The predicted molar refractivity (Wildman–Crippen MR) is 90.3 cm³/mol. The third-order valence-corrected chi connectivity index (χ3v) is 5.69. The lowest BCUT2D eigenvalue weighted by atomic mass is 10.2. The van der Waals surface area contributed by atoms with Crippen LogP contribution in [0.3, 0.4) is 0 Å². The summed E-state index contributed by atoms with van der Waals surface area (Å²) in [6, 6.07) is 10.2. The Morgan fingerprint density at radius 3 is 2.42 bits per heavy atom. The maximum Gasteiger partial charge on any atom is 0.339 e. The maximum absolute atomic E-state index is 13.1. The molecule has 0 bridgehead atoms. The van der Waals surface area contributed by atoms with Gasteiger partial charge in [-0.15, -0.1) is 0 Å². The van der Waals surface area contributed by atoms with Gasteiger partial charge in [-0.05, 0) is 29.8 Å². The van der Waals surface area contributed by atoms with Gasteiger partial charge >= 0.3 is 12.0 Å². The molecule has 0 radical (unpaired) electrons. The van der Waals surface area contributed by atoms with Crippen LogP contribution in [0.1, 0.15) is 5.56 Å². The van der Waals surface area contributed by atoms with Gasteiger partial charge in [-0.1, -0.05) is 24.3 Å². The van der Waals surface area contributed by atoms with Gasteiger partial charge in [-0.25, -0.2) is 21.9 Å². The Kier molecular flexibility index (Phi) is 4.64. The Morgan fingerprint density at radius 2 is 1.77 bits per heavy atom. The van der Waals surface area contributed by atoms with Gasteiger partial charge in [-0.2, -0.15) is 0 Å². The second-order valence-corrected chi connectivity index (χ2v) is 7.38. The minimum atomic E-state index is -4.12. The fraction of sp³-hybridized carbons (Fsp3) is 0.176. The second kappa shape index (κ2) is 6.75. The molecule has 2 aromatic carbocycles. The standard InChI is InChI=1S/C17H15FN2O5S/c1-25-16(21)11-19-14-4-2-3-5-15(14)26(23,24)20(17(19)22)10-12-6-8-13(18)9-7-12/h2-9H,10-11H2,1H3. The molecule has 2 amide bonds. The number of carbonyl (C=O) groups excluding carboxylic acids is 2. The zero-order valence-corrected chi connectivity index (χ0v) is 14.6. The van der Waals surface area contributed by atoms with Gasteiger partial charge < -0.3 is 4.74 Å². The first-order valence-corrected chi connectivity index (χ1v) is 9.03. The SMILES string of the molecule is COC(=O)CN1C(=O)N(Cc2ccc(F)cc2)S(=O)(=O)c2ccccc21. The average Bonchev–Trinajstić information content (AvgIpc) is 2.63. The molecular weight excluding hydrogens is 363 g/mol. The normalized spacial score (nSPS) is 15.5. The number of hydrogen-bond acceptors (Lipinski definition) is 5. The molecule has 136 valence electrons. The highest BCUT2D eigenvalue weighted by Gasteiger charge is 2.42. The highest BCUT2D eigenvalue weighted by Crippen LogP contribution is 2.34. The molecule has 9 heteroatoms. The number of amides is 2. The Hall–Kier alpha value is -2.94. The monoisotopic (exact) mass is 378 g/mol. The van der Waals surface area contributed by atoms with Gasteiger partial charge in [0, 0.05) is 0 Å². The summed E-state index contributed by atoms with van der Waals surface area (Å²) in [6.45, 7) is -0.713. The number of hydrogen-bond donors (Lipinski definition) is 0. The van der Waals surface area contributed by atoms with E-state index in [1.165, 1.54) is 49.6 Å². The second-order valence-electron chi connectivity index (χ2n) is 5.55. The number of fused-ring (bicyclic) bond motifs is 1. The number of esters is 1. The molecule has 0 unspecified atom stereocenters. The van der Waals surface area contributed by atoms with Crippen molar-refractivity contribution in [1.82, 2.24) is 4.31 Å². The molecule has 0 atom stereocenters. The number of benzene rings is 2. The molecule has 0 aliphatic carbocycles. The summed E-state index contributed by atoms with van der Waals surface area (Å²) in [6.07, 6.45) is 0. The quantitative estimate of drug-likeness (QED) is 0.761. The first-order valence-electron chi connectivity index (χ1n) is 7.59. The van der Waals surface area contributed by atoms with Crippen molar-refractivity contribution in [2.75, 3.05) is 18.6 Å². The van der Waals surface area contributed by atoms with Gasteiger partial charge in [0.05, 0.1) is 19.3 Å². The number of nitrogens with zero attached hydrogens (tertiary/aromatic N) is 2. The average molecular weight is 378 g/mol. The molecule has 1 heterocycles. The van der Waals surface area contributed by atoms with Crippen LogP contribution in [0.15, 0.2) is 53.4 Å². The number of urea groups is 1. The molecule has 0 spiro atoms. The van der Waals surface area contributed by atoms with Crippen LogP contribution in [0.2, 0.25) is 0 Å². The van der Waals surface area contributed by atoms with Crippen molar-refractivity contribution in [2.45, 2.75) is 11.4 Å². The number of halogens is 1. The number of methoxy groups -OCH3 is 1. The summed E-state index contributed by atoms with van der Waals surface area (Å²) < 4.78 is 44.1. The highest BCUT2D eigenvalue weighted by atomic mass is 32.2. The van der Waals surface area contributed by atoms with E-state index in [1.807, 2.05) is 0 Å². The Labute approximate surface area is 149 Å². The number of para-hydroxylation sites is 1. The largest absolute Gasteiger partial charge is 0.468 e. The summed E-state index contributed by atoms with van der Waals surface area (Å²) in [5.41, 5.74) is 0.541. The lowest BCUT2D eigenvalue weighted by Gasteiger charge is -2.35. The lowest BCUT2D eigenvalue weighted by Crippen LogP contribution is -2.51. The van der Waals surface area contributed by atoms with Crippen LogP contribution in [-0.4, -0.2) is 38.4 Å². The molecule has 2 aromatic rings. The van der Waals surface area contributed by atoms with E-state index in [2.05, 4.69) is 4.74 Å². The molecule has 3 rings (SSSR count). The number of sulfonamides is 1. The van der Waals surface area contributed by atoms with E-state index in [1.54, 1.807) is 6.07 Å². The molecular formula is C17H15FN2O5S. The first kappa shape index (κ1) is 17.9. The Morgan fingerprint density at radius 1 is 1.12 bits per heavy atom. The van der Waals surface area contributed by atoms with Crippen LogP contribution in [0.4, 0.5) is 14.9 Å². The van der Waals surface area contributed by atoms with E-state index in [0.717, 1.165) is 4.90 Å². The van der Waals surface area contributed by atoms with E-state index in [0.29, 0.717) is 9.87 Å². The highest BCUT2D eigenvalue weighted by molar-refractivity contribution is 7.90. The zero-order chi connectivity index (χ0) is 18.9. The molecule has 0 N–H and O–H groups in total. The Balaban J connectivity index is 2.06. The van der Waals surface area contributed by atoms with Crippen molar-refractivity contribution in [3.05, 3.63) is 59.9 Å². The summed E-state index contributed by atoms with van der Waals surface area (Å²) in [4.78, 5) is 25.4. The topological polar surface area (TPSA) is 84.0 Å². The van der Waals surface area contributed by atoms with Crippen molar-refractivity contribution in [3.8, 4) is 0 Å². The van der Waals surface area contributed by atoms with Crippen LogP contribution in [-0.2, 0) is 26.1 Å². The molecule has 1 aliphatic heterocycles. The maximum atomic E-state index is 13.1. The third kappa shape index (κ3) is 3.13. The molecule has 26 heavy (non-hydrogen) atoms. The van der Waals surface area contributed by atoms with Crippen LogP contribution in [0, 0.1) is 5.82 Å². The number of rotatable bonds is 4. The fourth-order valence-electron chi connectivity index (χ4n) is 2.61. The smallest absolute Gasteiger partial charge is 0.339 e. The number of anilines is 1. The van der Waals surface area contributed by atoms with Gasteiger partial charge in [0.2, 0.25) is 0 Å². The van der Waals surface area contributed by atoms with E-state index in [9.17, 15) is 22.4 Å². The van der Waals surface area contributed by atoms with Crippen molar-refractivity contribution in [3.63, 3.8) is 0 Å². The van der Waals surface area contributed by atoms with E-state index >= 15 is 0 Å². The van der Waals surface area contributed by atoms with Crippen LogP contribution >= 0.6 is 0 Å². The summed E-state index contributed by atoms with van der Waals surface area (Å²) in [5.74, 6) is -1.16. The summed E-state index contributed by atoms with van der Waals surface area (Å²) in [7, 11) is -2.94. The minimum Gasteiger partial charge on any atom is -0.468 e. The fourth-order valence-corrected chi connectivity index (χ4v) is 4.17. The van der Waals surface area contributed by atoms with Gasteiger partial charge in [0.15, 0.2) is 0 Å². The summed E-state index contributed by atoms with van der Waals surface area (Å²) in [5, 5.41) is 0. The van der Waals surface area contributed by atoms with Crippen molar-refractivity contribution in [1.29, 1.82) is 0 Å². The Bertz CT molecular complexity index is 959. The van der Waals surface area contributed by atoms with E-state index in [-0.39, 0.29) is 17.1 Å². The molecule has 0 saturated carbocycles. The third-order valence-electron chi connectivity index (χ3n) is 3.92. The van der Waals surface area contributed by atoms with E-state index in [4.69, 9.17) is 0 Å². The molecule has 0 saturated heterocycles. The lowest BCUT2D eigenvalue weighted by molar-refractivity contribution is -0.138. The molecule has 7 nitrogen and oxygen atoms in total. The first-order chi connectivity index (χ1) is 12.3. The summed E-state index contributed by atoms with van der Waals surface area (Å²) >= 11 is 0. The minimum absolute atomic E-state index is 0.0920. The van der Waals surface area contributed by atoms with Gasteiger partial charge in [-0.3, -0.25) is 9.69 Å². The van der Waals surface area contributed by atoms with Gasteiger partial charge in [0.1, 0.15) is 17.3 Å². The van der Waals surface area contributed by atoms with Crippen LogP contribution in [0.25, 0.3) is 0 Å². The molecule has 1 aliphatic rings. The van der Waals surface area contributed by atoms with Crippen molar-refractivity contribution < 1.29 is 27.1 Å². The van der Waals surface area contributed by atoms with Gasteiger partial charge in [0.25, 0.3) is 10.0 Å². The van der Waals surface area contributed by atoms with E-state index < -0.39 is 34.4 Å². The van der Waals surface area contributed by atoms with Crippen LogP contribution < -0.4 is 4.90 Å². The van der Waals surface area contributed by atoms with Crippen LogP contribution in [0.5, 0.6) is 0 Å². The predicted octanol–water partition coefficient (Wildman–Crippen LogP) is 2.13. The number of carbonyl (C=O) groups is 2. The van der Waals surface area contributed by atoms with Crippen molar-refractivity contribution >= 4 is 27.7 Å². The zero-order valence-electron chi connectivity index (χ0n) is 13.8. The molecule has 0 fully saturated rings. The number of ether oxygens (including phenoxy) is 1. The molecule has 0 aromatic heterocycles. The van der Waals surface area contributed by atoms with Crippen molar-refractivity contribution in [2.24, 2.45) is 0 Å².